The molecule has 1 aliphatic carbocycles. The number of fused-ring (bicyclic) bond motifs is 1. The van der Waals surface area contributed by atoms with E-state index in [1.807, 2.05) is 55.4 Å². The maximum Gasteiger partial charge on any atom is 0.262 e. The minimum absolute atomic E-state index is 0.0336. The predicted molar refractivity (Wildman–Crippen MR) is 98.0 cm³/mol. The Labute approximate surface area is 143 Å². The summed E-state index contributed by atoms with van der Waals surface area (Å²) in [6.07, 6.45) is 4.58. The number of benzene rings is 2. The number of ether oxygens (including phenoxy) is 1. The van der Waals surface area contributed by atoms with E-state index in [1.165, 1.54) is 24.0 Å². The number of anilines is 2. The van der Waals surface area contributed by atoms with E-state index in [0.717, 1.165) is 30.0 Å². The third-order valence-corrected chi connectivity index (χ3v) is 4.38. The number of nitrogens with one attached hydrogen (secondary N) is 1. The number of nitrogens with zero attached hydrogens (tertiary/aromatic N) is 1. The van der Waals surface area contributed by atoms with Crippen molar-refractivity contribution in [3.05, 3.63) is 53.6 Å². The summed E-state index contributed by atoms with van der Waals surface area (Å²) < 4.78 is 5.78. The predicted octanol–water partition coefficient (Wildman–Crippen LogP) is 3.65. The van der Waals surface area contributed by atoms with Crippen LogP contribution in [0.2, 0.25) is 0 Å². The van der Waals surface area contributed by atoms with Gasteiger partial charge in [0.2, 0.25) is 0 Å². The average Bonchev–Trinajstić information content (AvgIpc) is 2.60. The van der Waals surface area contributed by atoms with Crippen molar-refractivity contribution in [1.29, 1.82) is 0 Å². The van der Waals surface area contributed by atoms with Gasteiger partial charge in [0.05, 0.1) is 0 Å². The summed E-state index contributed by atoms with van der Waals surface area (Å²) in [5.74, 6) is 0.714. The summed E-state index contributed by atoms with van der Waals surface area (Å²) >= 11 is 0. The van der Waals surface area contributed by atoms with Crippen LogP contribution in [0.25, 0.3) is 0 Å². The Kier molecular flexibility index (Phi) is 5.04. The Morgan fingerprint density at radius 2 is 1.83 bits per heavy atom. The first-order valence-corrected chi connectivity index (χ1v) is 8.44. The fourth-order valence-electron chi connectivity index (χ4n) is 3.06. The van der Waals surface area contributed by atoms with E-state index in [-0.39, 0.29) is 12.5 Å². The van der Waals surface area contributed by atoms with Crippen LogP contribution in [0.4, 0.5) is 11.4 Å². The maximum absolute atomic E-state index is 12.1. The molecule has 0 atom stereocenters. The third kappa shape index (κ3) is 3.88. The van der Waals surface area contributed by atoms with Crippen molar-refractivity contribution in [1.82, 2.24) is 0 Å². The van der Waals surface area contributed by atoms with E-state index < -0.39 is 0 Å². The molecule has 24 heavy (non-hydrogen) atoms. The molecule has 0 saturated carbocycles. The third-order valence-electron chi connectivity index (χ3n) is 4.38. The van der Waals surface area contributed by atoms with Crippen molar-refractivity contribution in [3.63, 3.8) is 0 Å². The lowest BCUT2D eigenvalue weighted by atomic mass is 9.91. The van der Waals surface area contributed by atoms with E-state index in [0.29, 0.717) is 0 Å². The smallest absolute Gasteiger partial charge is 0.262 e. The van der Waals surface area contributed by atoms with Gasteiger partial charge in [-0.05, 0) is 67.1 Å². The van der Waals surface area contributed by atoms with Gasteiger partial charge in [0.1, 0.15) is 5.75 Å². The highest BCUT2D eigenvalue weighted by Gasteiger charge is 2.14. The second-order valence-electron chi connectivity index (χ2n) is 6.38. The second kappa shape index (κ2) is 7.39. The summed E-state index contributed by atoms with van der Waals surface area (Å²) in [6.45, 7) is 0.0336. The van der Waals surface area contributed by atoms with Gasteiger partial charge in [-0.2, -0.15) is 0 Å². The summed E-state index contributed by atoms with van der Waals surface area (Å²) in [6, 6.07) is 13.9. The van der Waals surface area contributed by atoms with Crippen LogP contribution < -0.4 is 15.0 Å². The SMILES string of the molecule is CN(C)c1ccc(NC(=O)COc2cccc3c2CCCC3)cc1. The van der Waals surface area contributed by atoms with Gasteiger partial charge in [0.15, 0.2) is 6.61 Å². The molecule has 0 aromatic heterocycles. The Morgan fingerprint density at radius 3 is 2.58 bits per heavy atom. The number of rotatable bonds is 5. The van der Waals surface area contributed by atoms with Crippen LogP contribution in [0, 0.1) is 0 Å². The first kappa shape index (κ1) is 16.4. The van der Waals surface area contributed by atoms with Gasteiger partial charge >= 0.3 is 0 Å². The highest BCUT2D eigenvalue weighted by Crippen LogP contribution is 2.29. The van der Waals surface area contributed by atoms with Gasteiger partial charge in [0, 0.05) is 25.5 Å². The lowest BCUT2D eigenvalue weighted by molar-refractivity contribution is -0.118. The summed E-state index contributed by atoms with van der Waals surface area (Å²) in [7, 11) is 3.98. The standard InChI is InChI=1S/C20H24N2O2/c1-22(2)17-12-10-16(11-13-17)21-20(23)14-24-19-9-5-7-15-6-3-4-8-18(15)19/h5,7,9-13H,3-4,6,8,14H2,1-2H3,(H,21,23). The van der Waals surface area contributed by atoms with Crippen molar-refractivity contribution < 1.29 is 9.53 Å². The molecule has 0 radical (unpaired) electrons. The van der Waals surface area contributed by atoms with E-state index in [4.69, 9.17) is 4.74 Å². The summed E-state index contributed by atoms with van der Waals surface area (Å²) in [5.41, 5.74) is 4.51. The van der Waals surface area contributed by atoms with E-state index >= 15 is 0 Å². The van der Waals surface area contributed by atoms with Crippen LogP contribution in [0.15, 0.2) is 42.5 Å². The first-order valence-electron chi connectivity index (χ1n) is 8.44. The van der Waals surface area contributed by atoms with E-state index in [1.54, 1.807) is 0 Å². The summed E-state index contributed by atoms with van der Waals surface area (Å²) in [5, 5.41) is 2.88. The molecule has 2 aromatic rings. The highest BCUT2D eigenvalue weighted by atomic mass is 16.5. The lowest BCUT2D eigenvalue weighted by Crippen LogP contribution is -2.21. The zero-order valence-electron chi connectivity index (χ0n) is 14.3. The molecule has 0 fully saturated rings. The molecule has 1 amide bonds. The molecule has 0 bridgehead atoms. The van der Waals surface area contributed by atoms with Crippen molar-refractivity contribution in [2.75, 3.05) is 30.9 Å². The van der Waals surface area contributed by atoms with Gasteiger partial charge in [0.25, 0.3) is 5.91 Å². The van der Waals surface area contributed by atoms with Crippen molar-refractivity contribution in [2.24, 2.45) is 0 Å². The maximum atomic E-state index is 12.1. The van der Waals surface area contributed by atoms with Crippen LogP contribution in [-0.4, -0.2) is 26.6 Å². The zero-order chi connectivity index (χ0) is 16.9. The molecule has 3 rings (SSSR count). The van der Waals surface area contributed by atoms with Crippen LogP contribution in [0.1, 0.15) is 24.0 Å². The molecule has 4 nitrogen and oxygen atoms in total. The van der Waals surface area contributed by atoms with Crippen molar-refractivity contribution in [3.8, 4) is 5.75 Å². The summed E-state index contributed by atoms with van der Waals surface area (Å²) in [4.78, 5) is 14.1. The quantitative estimate of drug-likeness (QED) is 0.913. The first-order chi connectivity index (χ1) is 11.6. The van der Waals surface area contributed by atoms with Crippen LogP contribution in [0.5, 0.6) is 5.75 Å². The topological polar surface area (TPSA) is 41.6 Å². The zero-order valence-corrected chi connectivity index (χ0v) is 14.3. The normalized spacial score (nSPS) is 13.1. The molecule has 0 unspecified atom stereocenters. The number of hydrogen-bond donors (Lipinski definition) is 1. The molecule has 0 saturated heterocycles. The Hall–Kier alpha value is -2.49. The van der Waals surface area contributed by atoms with Gasteiger partial charge in [-0.1, -0.05) is 12.1 Å². The fraction of sp³-hybridized carbons (Fsp3) is 0.350. The number of amides is 1. The average molecular weight is 324 g/mol. The molecule has 1 N–H and O–H groups in total. The van der Waals surface area contributed by atoms with Gasteiger partial charge in [-0.15, -0.1) is 0 Å². The van der Waals surface area contributed by atoms with Crippen LogP contribution in [-0.2, 0) is 17.6 Å². The molecule has 0 heterocycles. The molecular formula is C20H24N2O2. The van der Waals surface area contributed by atoms with Crippen molar-refractivity contribution in [2.45, 2.75) is 25.7 Å². The molecule has 1 aliphatic rings. The number of hydrogen-bond acceptors (Lipinski definition) is 3. The minimum atomic E-state index is -0.138. The molecular weight excluding hydrogens is 300 g/mol. The monoisotopic (exact) mass is 324 g/mol. The molecule has 126 valence electrons. The van der Waals surface area contributed by atoms with E-state index in [9.17, 15) is 4.79 Å². The van der Waals surface area contributed by atoms with Crippen LogP contribution in [0.3, 0.4) is 0 Å². The number of aryl methyl sites for hydroxylation is 1. The van der Waals surface area contributed by atoms with E-state index in [2.05, 4.69) is 11.4 Å². The van der Waals surface area contributed by atoms with Gasteiger partial charge in [-0.3, -0.25) is 4.79 Å². The van der Waals surface area contributed by atoms with Gasteiger partial charge < -0.3 is 15.0 Å². The number of carbonyl (C=O) groups is 1. The Bertz CT molecular complexity index is 708. The lowest BCUT2D eigenvalue weighted by Gasteiger charge is -2.19. The Morgan fingerprint density at radius 1 is 1.08 bits per heavy atom. The van der Waals surface area contributed by atoms with Gasteiger partial charge in [-0.25, -0.2) is 0 Å². The largest absolute Gasteiger partial charge is 0.483 e. The molecule has 2 aromatic carbocycles. The second-order valence-corrected chi connectivity index (χ2v) is 6.38. The molecule has 0 aliphatic heterocycles. The minimum Gasteiger partial charge on any atom is -0.483 e. The Balaban J connectivity index is 1.58. The fourth-order valence-corrected chi connectivity index (χ4v) is 3.06. The van der Waals surface area contributed by atoms with Crippen molar-refractivity contribution >= 4 is 17.3 Å². The number of carbonyl (C=O) groups excluding carboxylic acids is 1. The molecule has 4 heteroatoms. The van der Waals surface area contributed by atoms with Crippen LogP contribution >= 0.6 is 0 Å². The highest BCUT2D eigenvalue weighted by molar-refractivity contribution is 5.92. The molecule has 0 spiro atoms.